The maximum Gasteiger partial charge on any atom is 0.341 e. The van der Waals surface area contributed by atoms with E-state index in [0.29, 0.717) is 5.76 Å². The summed E-state index contributed by atoms with van der Waals surface area (Å²) < 4.78 is 14.1. The maximum atomic E-state index is 11.3. The first-order valence-corrected chi connectivity index (χ1v) is 4.93. The van der Waals surface area contributed by atoms with E-state index in [0.717, 1.165) is 0 Å². The molecular weight excluding hydrogens is 228 g/mol. The van der Waals surface area contributed by atoms with Crippen LogP contribution in [0.25, 0.3) is 0 Å². The van der Waals surface area contributed by atoms with Gasteiger partial charge in [0.25, 0.3) is 0 Å². The van der Waals surface area contributed by atoms with Crippen LogP contribution in [0.2, 0.25) is 0 Å². The lowest BCUT2D eigenvalue weighted by Gasteiger charge is -2.04. The van der Waals surface area contributed by atoms with Gasteiger partial charge in [-0.25, -0.2) is 4.79 Å². The Labute approximate surface area is 98.1 Å². The van der Waals surface area contributed by atoms with Crippen LogP contribution in [0.5, 0.6) is 0 Å². The summed E-state index contributed by atoms with van der Waals surface area (Å²) in [7, 11) is 2.47. The van der Waals surface area contributed by atoms with Crippen LogP contribution in [0, 0.1) is 6.92 Å². The minimum atomic E-state index is -1.14. The third-order valence-corrected chi connectivity index (χ3v) is 2.26. The number of rotatable bonds is 4. The molecule has 6 nitrogen and oxygen atoms in total. The number of ether oxygens (including phenoxy) is 2. The Morgan fingerprint density at radius 2 is 2.06 bits per heavy atom. The second-order valence-electron chi connectivity index (χ2n) is 3.41. The van der Waals surface area contributed by atoms with Crippen molar-refractivity contribution in [2.24, 2.45) is 0 Å². The third kappa shape index (κ3) is 3.07. The summed E-state index contributed by atoms with van der Waals surface area (Å²) in [6, 6.07) is 1.36. The molecule has 0 saturated carbocycles. The lowest BCUT2D eigenvalue weighted by molar-refractivity contribution is -0.143. The average Bonchev–Trinajstić information content (AvgIpc) is 2.70. The highest BCUT2D eigenvalue weighted by Gasteiger charge is 2.21. The fraction of sp³-hybridized carbons (Fsp3) is 0.455. The van der Waals surface area contributed by atoms with Crippen molar-refractivity contribution in [2.75, 3.05) is 14.2 Å². The lowest BCUT2D eigenvalue weighted by atomic mass is 10.1. The molecule has 0 aliphatic heterocycles. The van der Waals surface area contributed by atoms with Gasteiger partial charge in [0.1, 0.15) is 23.2 Å². The molecular formula is C11H14O6. The second kappa shape index (κ2) is 5.49. The molecule has 17 heavy (non-hydrogen) atoms. The number of esters is 2. The van der Waals surface area contributed by atoms with Crippen LogP contribution >= 0.6 is 0 Å². The largest absolute Gasteiger partial charge is 0.469 e. The van der Waals surface area contributed by atoms with Gasteiger partial charge in [-0.05, 0) is 13.0 Å². The first kappa shape index (κ1) is 13.2. The molecule has 1 atom stereocenters. The molecule has 0 aliphatic rings. The molecule has 1 aromatic heterocycles. The molecule has 1 aromatic rings. The SMILES string of the molecule is COC(=O)C[C@H](O)c1cc(C(=O)OC)c(C)o1. The molecule has 0 saturated heterocycles. The monoisotopic (exact) mass is 242 g/mol. The number of carbonyl (C=O) groups is 2. The van der Waals surface area contributed by atoms with E-state index in [-0.39, 0.29) is 17.7 Å². The van der Waals surface area contributed by atoms with E-state index in [2.05, 4.69) is 9.47 Å². The van der Waals surface area contributed by atoms with Gasteiger partial charge in [0.15, 0.2) is 0 Å². The summed E-state index contributed by atoms with van der Waals surface area (Å²) in [5.41, 5.74) is 0.228. The Bertz CT molecular complexity index is 420. The van der Waals surface area contributed by atoms with Crippen molar-refractivity contribution < 1.29 is 28.6 Å². The van der Waals surface area contributed by atoms with Crippen molar-refractivity contribution in [1.29, 1.82) is 0 Å². The highest BCUT2D eigenvalue weighted by atomic mass is 16.5. The summed E-state index contributed by atoms with van der Waals surface area (Å²) >= 11 is 0. The zero-order valence-electron chi connectivity index (χ0n) is 9.85. The zero-order valence-corrected chi connectivity index (χ0v) is 9.85. The molecule has 1 heterocycles. The standard InChI is InChI=1S/C11H14O6/c1-6-7(11(14)16-3)4-9(17-6)8(12)5-10(13)15-2/h4,8,12H,5H2,1-3H3/t8-/m0/s1. The maximum absolute atomic E-state index is 11.3. The molecule has 0 bridgehead atoms. The van der Waals surface area contributed by atoms with Crippen molar-refractivity contribution in [1.82, 2.24) is 0 Å². The third-order valence-electron chi connectivity index (χ3n) is 2.26. The van der Waals surface area contributed by atoms with Gasteiger partial charge in [-0.3, -0.25) is 4.79 Å². The summed E-state index contributed by atoms with van der Waals surface area (Å²) in [4.78, 5) is 22.3. The smallest absolute Gasteiger partial charge is 0.341 e. The van der Waals surface area contributed by atoms with E-state index in [9.17, 15) is 14.7 Å². The van der Waals surface area contributed by atoms with Crippen molar-refractivity contribution in [3.05, 3.63) is 23.2 Å². The number of hydrogen-bond acceptors (Lipinski definition) is 6. The molecule has 0 fully saturated rings. The normalized spacial score (nSPS) is 12.0. The van der Waals surface area contributed by atoms with Crippen molar-refractivity contribution >= 4 is 11.9 Å². The van der Waals surface area contributed by atoms with Gasteiger partial charge >= 0.3 is 11.9 Å². The number of aryl methyl sites for hydroxylation is 1. The molecule has 0 amide bonds. The van der Waals surface area contributed by atoms with E-state index < -0.39 is 18.0 Å². The van der Waals surface area contributed by atoms with Gasteiger partial charge in [-0.2, -0.15) is 0 Å². The van der Waals surface area contributed by atoms with Crippen LogP contribution in [0.15, 0.2) is 10.5 Å². The quantitative estimate of drug-likeness (QED) is 0.792. The van der Waals surface area contributed by atoms with E-state index in [1.165, 1.54) is 20.3 Å². The van der Waals surface area contributed by atoms with Gasteiger partial charge in [0, 0.05) is 0 Å². The molecule has 1 rings (SSSR count). The van der Waals surface area contributed by atoms with Crippen LogP contribution in [0.1, 0.15) is 34.4 Å². The molecule has 0 aromatic carbocycles. The Hall–Kier alpha value is -1.82. The van der Waals surface area contributed by atoms with Gasteiger partial charge in [-0.15, -0.1) is 0 Å². The first-order valence-electron chi connectivity index (χ1n) is 4.93. The number of hydrogen-bond donors (Lipinski definition) is 1. The molecule has 0 spiro atoms. The number of aliphatic hydroxyl groups excluding tert-OH is 1. The fourth-order valence-electron chi connectivity index (χ4n) is 1.32. The van der Waals surface area contributed by atoms with Gasteiger partial charge in [-0.1, -0.05) is 0 Å². The van der Waals surface area contributed by atoms with Crippen LogP contribution in [0.4, 0.5) is 0 Å². The van der Waals surface area contributed by atoms with Crippen LogP contribution in [-0.4, -0.2) is 31.3 Å². The van der Waals surface area contributed by atoms with E-state index in [1.807, 2.05) is 0 Å². The molecule has 1 N–H and O–H groups in total. The summed E-state index contributed by atoms with van der Waals surface area (Å²) in [6.45, 7) is 1.57. The van der Waals surface area contributed by atoms with Crippen LogP contribution in [-0.2, 0) is 14.3 Å². The summed E-state index contributed by atoms with van der Waals surface area (Å²) in [5, 5.41) is 9.67. The summed E-state index contributed by atoms with van der Waals surface area (Å²) in [5.74, 6) is -0.655. The number of methoxy groups -OCH3 is 2. The number of furan rings is 1. The second-order valence-corrected chi connectivity index (χ2v) is 3.41. The topological polar surface area (TPSA) is 86.0 Å². The van der Waals surface area contributed by atoms with E-state index >= 15 is 0 Å². The van der Waals surface area contributed by atoms with Gasteiger partial charge in [0.05, 0.1) is 20.6 Å². The van der Waals surface area contributed by atoms with Crippen LogP contribution in [0.3, 0.4) is 0 Å². The van der Waals surface area contributed by atoms with Crippen LogP contribution < -0.4 is 0 Å². The Morgan fingerprint density at radius 1 is 1.41 bits per heavy atom. The minimum absolute atomic E-state index is 0.133. The Kier molecular flexibility index (Phi) is 4.28. The fourth-order valence-corrected chi connectivity index (χ4v) is 1.32. The molecule has 6 heteroatoms. The number of carbonyl (C=O) groups excluding carboxylic acids is 2. The molecule has 94 valence electrons. The van der Waals surface area contributed by atoms with Crippen molar-refractivity contribution in [3.63, 3.8) is 0 Å². The predicted molar refractivity (Wildman–Crippen MR) is 56.4 cm³/mol. The highest BCUT2D eigenvalue weighted by molar-refractivity contribution is 5.90. The first-order chi connectivity index (χ1) is 7.99. The van der Waals surface area contributed by atoms with E-state index in [4.69, 9.17) is 4.42 Å². The van der Waals surface area contributed by atoms with Crippen molar-refractivity contribution in [2.45, 2.75) is 19.4 Å². The number of aliphatic hydroxyl groups is 1. The predicted octanol–water partition coefficient (Wildman–Crippen LogP) is 0.971. The Balaban J connectivity index is 2.85. The van der Waals surface area contributed by atoms with Crippen molar-refractivity contribution in [3.8, 4) is 0 Å². The molecule has 0 unspecified atom stereocenters. The minimum Gasteiger partial charge on any atom is -0.469 e. The summed E-state index contributed by atoms with van der Waals surface area (Å²) in [6.07, 6.45) is -1.37. The van der Waals surface area contributed by atoms with E-state index in [1.54, 1.807) is 6.92 Å². The Morgan fingerprint density at radius 3 is 2.59 bits per heavy atom. The van der Waals surface area contributed by atoms with Gasteiger partial charge in [0.2, 0.25) is 0 Å². The van der Waals surface area contributed by atoms with Gasteiger partial charge < -0.3 is 19.0 Å². The highest BCUT2D eigenvalue weighted by Crippen LogP contribution is 2.23. The molecule has 0 aliphatic carbocycles. The molecule has 0 radical (unpaired) electrons. The average molecular weight is 242 g/mol. The zero-order chi connectivity index (χ0) is 13.0. The lowest BCUT2D eigenvalue weighted by Crippen LogP contribution is -2.07.